The van der Waals surface area contributed by atoms with Crippen molar-refractivity contribution < 1.29 is 17.6 Å². The number of hydrogen-bond acceptors (Lipinski definition) is 2. The number of nitrogens with one attached hydrogen (secondary N) is 1. The first-order chi connectivity index (χ1) is 9.61. The molecule has 1 N–H and O–H groups in total. The van der Waals surface area contributed by atoms with Crippen LogP contribution >= 0.6 is 15.9 Å². The number of rotatable bonds is 1. The van der Waals surface area contributed by atoms with E-state index in [1.807, 2.05) is 0 Å². The lowest BCUT2D eigenvalue weighted by Crippen LogP contribution is -2.36. The van der Waals surface area contributed by atoms with Crippen LogP contribution in [-0.4, -0.2) is 9.55 Å². The van der Waals surface area contributed by atoms with Crippen molar-refractivity contribution in [1.82, 2.24) is 9.55 Å². The molecule has 0 fully saturated rings. The summed E-state index contributed by atoms with van der Waals surface area (Å²) in [5, 5.41) is 0. The van der Waals surface area contributed by atoms with Gasteiger partial charge in [0.2, 0.25) is 0 Å². The van der Waals surface area contributed by atoms with E-state index >= 15 is 0 Å². The standard InChI is InChI=1S/C12H7BrF4N2O2/c1-5-2-8(7(14)3-6(5)13)19-10(20)4-9(12(15,16)17)18-11(19)21/h2-4H,1H3,(H,18,21). The molecule has 0 atom stereocenters. The van der Waals surface area contributed by atoms with Crippen molar-refractivity contribution in [2.24, 2.45) is 0 Å². The normalized spacial score (nSPS) is 11.7. The van der Waals surface area contributed by atoms with Gasteiger partial charge < -0.3 is 4.98 Å². The number of alkyl halides is 3. The van der Waals surface area contributed by atoms with E-state index in [2.05, 4.69) is 15.9 Å². The van der Waals surface area contributed by atoms with Gasteiger partial charge in [-0.25, -0.2) is 13.8 Å². The molecule has 2 rings (SSSR count). The molecule has 0 bridgehead atoms. The number of aromatic nitrogens is 2. The molecule has 9 heteroatoms. The zero-order chi connectivity index (χ0) is 15.9. The summed E-state index contributed by atoms with van der Waals surface area (Å²) in [7, 11) is 0. The third-order valence-electron chi connectivity index (χ3n) is 2.71. The third-order valence-corrected chi connectivity index (χ3v) is 3.56. The van der Waals surface area contributed by atoms with Gasteiger partial charge in [0.1, 0.15) is 11.5 Å². The minimum Gasteiger partial charge on any atom is -0.303 e. The largest absolute Gasteiger partial charge is 0.431 e. The van der Waals surface area contributed by atoms with Crippen LogP contribution < -0.4 is 11.2 Å². The second-order valence-corrected chi connectivity index (χ2v) is 5.07. The summed E-state index contributed by atoms with van der Waals surface area (Å²) in [6.45, 7) is 1.58. The van der Waals surface area contributed by atoms with E-state index in [4.69, 9.17) is 0 Å². The summed E-state index contributed by atoms with van der Waals surface area (Å²) in [5.41, 5.74) is -4.03. The Balaban J connectivity index is 2.75. The predicted molar refractivity (Wildman–Crippen MR) is 70.1 cm³/mol. The average molecular weight is 367 g/mol. The molecule has 2 aromatic rings. The lowest BCUT2D eigenvalue weighted by atomic mass is 10.2. The highest BCUT2D eigenvalue weighted by Gasteiger charge is 2.33. The Morgan fingerprint density at radius 3 is 2.33 bits per heavy atom. The first-order valence-electron chi connectivity index (χ1n) is 5.51. The summed E-state index contributed by atoms with van der Waals surface area (Å²) < 4.78 is 52.0. The average Bonchev–Trinajstić information content (AvgIpc) is 2.33. The number of aryl methyl sites for hydroxylation is 1. The minimum atomic E-state index is -4.87. The highest BCUT2D eigenvalue weighted by Crippen LogP contribution is 2.26. The summed E-state index contributed by atoms with van der Waals surface area (Å²) in [6.07, 6.45) is -4.87. The first kappa shape index (κ1) is 15.5. The molecule has 1 heterocycles. The van der Waals surface area contributed by atoms with E-state index < -0.39 is 34.6 Å². The summed E-state index contributed by atoms with van der Waals surface area (Å²) in [6, 6.07) is 2.41. The molecule has 0 aliphatic heterocycles. The molecule has 4 nitrogen and oxygen atoms in total. The Morgan fingerprint density at radius 2 is 1.81 bits per heavy atom. The molecule has 0 spiro atoms. The van der Waals surface area contributed by atoms with Crippen LogP contribution in [0.2, 0.25) is 0 Å². The summed E-state index contributed by atoms with van der Waals surface area (Å²) in [5.74, 6) is -0.917. The smallest absolute Gasteiger partial charge is 0.303 e. The fraction of sp³-hybridized carbons (Fsp3) is 0.167. The molecule has 0 radical (unpaired) electrons. The van der Waals surface area contributed by atoms with Gasteiger partial charge in [0.25, 0.3) is 5.56 Å². The third kappa shape index (κ3) is 2.92. The van der Waals surface area contributed by atoms with Crippen molar-refractivity contribution in [2.75, 3.05) is 0 Å². The van der Waals surface area contributed by atoms with Crippen molar-refractivity contribution in [3.8, 4) is 5.69 Å². The van der Waals surface area contributed by atoms with Gasteiger partial charge in [-0.3, -0.25) is 4.79 Å². The number of H-pyrrole nitrogens is 1. The Bertz CT molecular complexity index is 792. The fourth-order valence-corrected chi connectivity index (χ4v) is 2.00. The molecule has 1 aromatic carbocycles. The van der Waals surface area contributed by atoms with Gasteiger partial charge in [0.15, 0.2) is 0 Å². The number of hydrogen-bond donors (Lipinski definition) is 1. The van der Waals surface area contributed by atoms with E-state index in [0.29, 0.717) is 14.6 Å². The van der Waals surface area contributed by atoms with E-state index in [0.717, 1.165) is 6.07 Å². The van der Waals surface area contributed by atoms with E-state index in [9.17, 15) is 27.2 Å². The van der Waals surface area contributed by atoms with Crippen molar-refractivity contribution >= 4 is 15.9 Å². The SMILES string of the molecule is Cc1cc(-n2c(=O)cc(C(F)(F)F)[nH]c2=O)c(F)cc1Br. The van der Waals surface area contributed by atoms with Crippen LogP contribution in [0.1, 0.15) is 11.3 Å². The maximum atomic E-state index is 13.8. The molecule has 0 aliphatic rings. The van der Waals surface area contributed by atoms with Gasteiger partial charge in [0.05, 0.1) is 5.69 Å². The molecule has 21 heavy (non-hydrogen) atoms. The lowest BCUT2D eigenvalue weighted by Gasteiger charge is -2.10. The van der Waals surface area contributed by atoms with Crippen LogP contribution in [0.25, 0.3) is 5.69 Å². The highest BCUT2D eigenvalue weighted by molar-refractivity contribution is 9.10. The van der Waals surface area contributed by atoms with Gasteiger partial charge in [-0.2, -0.15) is 13.2 Å². The van der Waals surface area contributed by atoms with Gasteiger partial charge in [-0.15, -0.1) is 0 Å². The zero-order valence-corrected chi connectivity index (χ0v) is 12.0. The molecular weight excluding hydrogens is 360 g/mol. The van der Waals surface area contributed by atoms with Gasteiger partial charge in [0, 0.05) is 10.5 Å². The monoisotopic (exact) mass is 366 g/mol. The molecular formula is C12H7BrF4N2O2. The van der Waals surface area contributed by atoms with E-state index in [1.165, 1.54) is 11.1 Å². The van der Waals surface area contributed by atoms with Gasteiger partial charge in [-0.05, 0) is 24.6 Å². The van der Waals surface area contributed by atoms with Crippen LogP contribution in [0.3, 0.4) is 0 Å². The van der Waals surface area contributed by atoms with Crippen LogP contribution in [0.4, 0.5) is 17.6 Å². The maximum absolute atomic E-state index is 13.8. The van der Waals surface area contributed by atoms with Crippen molar-refractivity contribution in [3.63, 3.8) is 0 Å². The summed E-state index contributed by atoms with van der Waals surface area (Å²) in [4.78, 5) is 24.9. The minimum absolute atomic E-state index is 0.207. The van der Waals surface area contributed by atoms with Crippen LogP contribution in [-0.2, 0) is 6.18 Å². The number of aromatic amines is 1. The fourth-order valence-electron chi connectivity index (χ4n) is 1.69. The summed E-state index contributed by atoms with van der Waals surface area (Å²) >= 11 is 3.07. The van der Waals surface area contributed by atoms with E-state index in [1.54, 1.807) is 6.92 Å². The molecule has 1 aromatic heterocycles. The molecule has 0 saturated carbocycles. The Hall–Kier alpha value is -1.90. The Labute approximate surface area is 123 Å². The molecule has 0 unspecified atom stereocenters. The predicted octanol–water partition coefficient (Wildman–Crippen LogP) is 2.75. The van der Waals surface area contributed by atoms with Crippen LogP contribution in [0.15, 0.2) is 32.3 Å². The van der Waals surface area contributed by atoms with Crippen molar-refractivity contribution in [3.05, 3.63) is 60.6 Å². The van der Waals surface area contributed by atoms with Gasteiger partial charge >= 0.3 is 11.9 Å². The Kier molecular flexibility index (Phi) is 3.79. The second-order valence-electron chi connectivity index (χ2n) is 4.21. The molecule has 0 aliphatic carbocycles. The quantitative estimate of drug-likeness (QED) is 0.789. The molecule has 112 valence electrons. The lowest BCUT2D eigenvalue weighted by molar-refractivity contribution is -0.141. The Morgan fingerprint density at radius 1 is 1.19 bits per heavy atom. The topological polar surface area (TPSA) is 54.9 Å². The first-order valence-corrected chi connectivity index (χ1v) is 6.30. The van der Waals surface area contributed by atoms with Crippen molar-refractivity contribution in [1.29, 1.82) is 0 Å². The highest BCUT2D eigenvalue weighted by atomic mass is 79.9. The van der Waals surface area contributed by atoms with Crippen molar-refractivity contribution in [2.45, 2.75) is 13.1 Å². The second kappa shape index (κ2) is 5.14. The maximum Gasteiger partial charge on any atom is 0.431 e. The van der Waals surface area contributed by atoms with Gasteiger partial charge in [-0.1, -0.05) is 15.9 Å². The van der Waals surface area contributed by atoms with E-state index in [-0.39, 0.29) is 6.07 Å². The number of nitrogens with zero attached hydrogens (tertiary/aromatic N) is 1. The van der Waals surface area contributed by atoms with Crippen LogP contribution in [0, 0.1) is 12.7 Å². The molecule has 0 saturated heterocycles. The number of halogens is 5. The van der Waals surface area contributed by atoms with Crippen LogP contribution in [0.5, 0.6) is 0 Å². The molecule has 0 amide bonds. The number of benzene rings is 1. The zero-order valence-electron chi connectivity index (χ0n) is 10.4.